The number of benzene rings is 2. The molecule has 0 spiro atoms. The van der Waals surface area contributed by atoms with Crippen LogP contribution in [-0.4, -0.2) is 53.6 Å². The summed E-state index contributed by atoms with van der Waals surface area (Å²) in [4.78, 5) is 33.7. The van der Waals surface area contributed by atoms with E-state index in [0.29, 0.717) is 36.6 Å². The van der Waals surface area contributed by atoms with E-state index in [2.05, 4.69) is 26.1 Å². The summed E-state index contributed by atoms with van der Waals surface area (Å²) in [5.74, 6) is -0.286. The van der Waals surface area contributed by atoms with Crippen LogP contribution in [0, 0.1) is 10.8 Å². The molecule has 2 fully saturated rings. The number of carbonyl (C=O) groups is 2. The molecule has 2 atom stereocenters. The van der Waals surface area contributed by atoms with Gasteiger partial charge in [0.15, 0.2) is 0 Å². The van der Waals surface area contributed by atoms with Crippen molar-refractivity contribution in [2.24, 2.45) is 10.8 Å². The maximum absolute atomic E-state index is 13.8. The highest BCUT2D eigenvalue weighted by atomic mass is 32.2. The summed E-state index contributed by atoms with van der Waals surface area (Å²) >= 11 is 3.07. The lowest BCUT2D eigenvalue weighted by Crippen LogP contribution is -2.37. The molecule has 3 aliphatic rings. The molecule has 8 nitrogen and oxygen atoms in total. The molecular weight excluding hydrogens is 613 g/mol. The lowest BCUT2D eigenvalue weighted by Gasteiger charge is -2.39. The number of rotatable bonds is 5. The number of sulfonamides is 1. The minimum atomic E-state index is -3.69. The van der Waals surface area contributed by atoms with Crippen LogP contribution in [0.4, 0.5) is 5.00 Å². The summed E-state index contributed by atoms with van der Waals surface area (Å²) < 4.78 is 30.3. The van der Waals surface area contributed by atoms with E-state index in [1.54, 1.807) is 46.8 Å². The number of nitrogens with zero attached hydrogens (tertiary/aromatic N) is 3. The zero-order valence-corrected chi connectivity index (χ0v) is 27.8. The van der Waals surface area contributed by atoms with Gasteiger partial charge >= 0.3 is 0 Å². The number of aromatic nitrogens is 1. The SMILES string of the molecule is CC(=O)N1CCc2c(sc(NC(=O)c3ccc(S(=O)(=O)N4CC5(C)CC4CC(C)(C)C5)cc3)c2-c2nc3ccccc3s2)C1. The van der Waals surface area contributed by atoms with Crippen LogP contribution in [0.1, 0.15) is 67.8 Å². The van der Waals surface area contributed by atoms with Gasteiger partial charge in [0.1, 0.15) is 10.0 Å². The Bertz CT molecular complexity index is 1880. The Labute approximate surface area is 266 Å². The second-order valence-corrected chi connectivity index (χ2v) is 17.7. The zero-order chi connectivity index (χ0) is 31.0. The fraction of sp³-hybridized carbons (Fsp3) is 0.424. The summed E-state index contributed by atoms with van der Waals surface area (Å²) in [5.41, 5.74) is 3.42. The Hall–Kier alpha value is -3.12. The van der Waals surface area contributed by atoms with E-state index in [1.165, 1.54) is 11.3 Å². The number of para-hydroxylation sites is 1. The van der Waals surface area contributed by atoms with Crippen molar-refractivity contribution in [3.05, 3.63) is 64.5 Å². The quantitative estimate of drug-likeness (QED) is 0.258. The summed E-state index contributed by atoms with van der Waals surface area (Å²) in [6.07, 6.45) is 3.45. The lowest BCUT2D eigenvalue weighted by molar-refractivity contribution is -0.129. The molecule has 1 aliphatic carbocycles. The van der Waals surface area contributed by atoms with Gasteiger partial charge in [-0.1, -0.05) is 32.9 Å². The highest BCUT2D eigenvalue weighted by Gasteiger charge is 2.53. The molecule has 2 amide bonds. The number of nitrogens with one attached hydrogen (secondary N) is 1. The number of amides is 2. The van der Waals surface area contributed by atoms with Crippen molar-refractivity contribution in [2.75, 3.05) is 18.4 Å². The van der Waals surface area contributed by atoms with Crippen LogP contribution in [0.25, 0.3) is 20.8 Å². The maximum Gasteiger partial charge on any atom is 0.256 e. The first-order valence-electron chi connectivity index (χ1n) is 15.0. The van der Waals surface area contributed by atoms with Gasteiger partial charge in [0.05, 0.1) is 21.7 Å². The van der Waals surface area contributed by atoms with Crippen LogP contribution >= 0.6 is 22.7 Å². The topological polar surface area (TPSA) is 99.7 Å². The number of fused-ring (bicyclic) bond motifs is 4. The van der Waals surface area contributed by atoms with Crippen molar-refractivity contribution in [1.82, 2.24) is 14.2 Å². The van der Waals surface area contributed by atoms with E-state index in [4.69, 9.17) is 4.98 Å². The van der Waals surface area contributed by atoms with Gasteiger partial charge in [-0.25, -0.2) is 13.4 Å². The fourth-order valence-electron chi connectivity index (χ4n) is 7.74. The predicted octanol–water partition coefficient (Wildman–Crippen LogP) is 6.77. The zero-order valence-electron chi connectivity index (χ0n) is 25.3. The van der Waals surface area contributed by atoms with E-state index in [9.17, 15) is 18.0 Å². The fourth-order valence-corrected chi connectivity index (χ4v) is 11.9. The molecule has 7 rings (SSSR count). The monoisotopic (exact) mass is 648 g/mol. The first kappa shape index (κ1) is 29.6. The second-order valence-electron chi connectivity index (χ2n) is 13.6. The molecule has 1 saturated heterocycles. The van der Waals surface area contributed by atoms with Crippen LogP contribution in [0.5, 0.6) is 0 Å². The number of hydrogen-bond acceptors (Lipinski definition) is 7. The molecule has 4 aromatic rings. The Balaban J connectivity index is 1.17. The maximum atomic E-state index is 13.8. The van der Waals surface area contributed by atoms with Crippen molar-refractivity contribution in [2.45, 2.75) is 70.9 Å². The summed E-state index contributed by atoms with van der Waals surface area (Å²) in [6, 6.07) is 14.3. The van der Waals surface area contributed by atoms with E-state index in [1.807, 2.05) is 29.2 Å². The van der Waals surface area contributed by atoms with Gasteiger partial charge in [-0.05, 0) is 78.5 Å². The molecule has 0 radical (unpaired) electrons. The third kappa shape index (κ3) is 5.17. The van der Waals surface area contributed by atoms with E-state index >= 15 is 0 Å². The van der Waals surface area contributed by atoms with Crippen LogP contribution in [-0.2, 0) is 27.8 Å². The Morgan fingerprint density at radius 1 is 1.02 bits per heavy atom. The molecule has 2 aromatic carbocycles. The minimum Gasteiger partial charge on any atom is -0.337 e. The number of hydrogen-bond donors (Lipinski definition) is 1. The van der Waals surface area contributed by atoms with Crippen molar-refractivity contribution in [3.63, 3.8) is 0 Å². The molecule has 2 aliphatic heterocycles. The van der Waals surface area contributed by atoms with Crippen LogP contribution in [0.15, 0.2) is 53.4 Å². The lowest BCUT2D eigenvalue weighted by atomic mass is 9.65. The van der Waals surface area contributed by atoms with E-state index < -0.39 is 10.0 Å². The Morgan fingerprint density at radius 3 is 2.50 bits per heavy atom. The molecule has 2 unspecified atom stereocenters. The van der Waals surface area contributed by atoms with Gasteiger partial charge in [-0.2, -0.15) is 4.31 Å². The average molecular weight is 649 g/mol. The predicted molar refractivity (Wildman–Crippen MR) is 176 cm³/mol. The summed E-state index contributed by atoms with van der Waals surface area (Å²) in [7, 11) is -3.69. The molecule has 1 N–H and O–H groups in total. The van der Waals surface area contributed by atoms with Gasteiger partial charge in [-0.3, -0.25) is 9.59 Å². The van der Waals surface area contributed by atoms with Gasteiger partial charge in [0.2, 0.25) is 15.9 Å². The first-order chi connectivity index (χ1) is 20.8. The van der Waals surface area contributed by atoms with E-state index in [-0.39, 0.29) is 33.6 Å². The highest BCUT2D eigenvalue weighted by Crippen LogP contribution is 2.53. The van der Waals surface area contributed by atoms with Crippen molar-refractivity contribution >= 4 is 59.7 Å². The molecule has 11 heteroatoms. The van der Waals surface area contributed by atoms with Crippen molar-refractivity contribution < 1.29 is 18.0 Å². The number of thiophene rings is 1. The second kappa shape index (κ2) is 10.5. The van der Waals surface area contributed by atoms with Crippen molar-refractivity contribution in [1.29, 1.82) is 0 Å². The molecule has 4 heterocycles. The Kier molecular flexibility index (Phi) is 7.04. The standard InChI is InChI=1S/C33H36N4O4S3/c1-20(38)36-14-13-24-27(17-36)43-31(28(24)30-34-25-7-5-6-8-26(25)42-30)35-29(39)21-9-11-23(12-10-21)44(40,41)37-19-33(4)16-22(37)15-32(2,3)18-33/h5-12,22H,13-19H2,1-4H3,(H,35,39). The molecule has 2 aromatic heterocycles. The molecular formula is C33H36N4O4S3. The molecule has 1 saturated carbocycles. The third-order valence-electron chi connectivity index (χ3n) is 9.33. The van der Waals surface area contributed by atoms with Crippen LogP contribution in [0.2, 0.25) is 0 Å². The van der Waals surface area contributed by atoms with Gasteiger partial charge < -0.3 is 10.2 Å². The third-order valence-corrected chi connectivity index (χ3v) is 13.4. The van der Waals surface area contributed by atoms with E-state index in [0.717, 1.165) is 50.5 Å². The minimum absolute atomic E-state index is 0.00134. The Morgan fingerprint density at radius 2 is 1.77 bits per heavy atom. The van der Waals surface area contributed by atoms with Crippen LogP contribution < -0.4 is 5.32 Å². The normalized spacial score (nSPS) is 23.1. The van der Waals surface area contributed by atoms with Crippen LogP contribution in [0.3, 0.4) is 0 Å². The van der Waals surface area contributed by atoms with Gasteiger partial charge in [-0.15, -0.1) is 22.7 Å². The van der Waals surface area contributed by atoms with Gasteiger partial charge in [0, 0.05) is 42.1 Å². The highest BCUT2D eigenvalue weighted by molar-refractivity contribution is 7.89. The molecule has 230 valence electrons. The molecule has 44 heavy (non-hydrogen) atoms. The largest absolute Gasteiger partial charge is 0.337 e. The summed E-state index contributed by atoms with van der Waals surface area (Å²) in [6.45, 7) is 9.89. The number of carbonyl (C=O) groups excluding carboxylic acids is 2. The molecule has 2 bridgehead atoms. The average Bonchev–Trinajstić information content (AvgIpc) is 3.62. The summed E-state index contributed by atoms with van der Waals surface area (Å²) in [5, 5.41) is 4.64. The number of anilines is 1. The first-order valence-corrected chi connectivity index (χ1v) is 18.1. The van der Waals surface area contributed by atoms with Gasteiger partial charge in [0.25, 0.3) is 5.91 Å². The smallest absolute Gasteiger partial charge is 0.256 e. The number of thiazole rings is 1. The van der Waals surface area contributed by atoms with Crippen molar-refractivity contribution in [3.8, 4) is 10.6 Å².